The lowest BCUT2D eigenvalue weighted by Gasteiger charge is -2.43. The lowest BCUT2D eigenvalue weighted by Crippen LogP contribution is -2.44. The molecule has 0 N–H and O–H groups in total. The van der Waals surface area contributed by atoms with E-state index in [2.05, 4.69) is 5.16 Å². The molecule has 1 aliphatic carbocycles. The minimum absolute atomic E-state index is 0.165. The summed E-state index contributed by atoms with van der Waals surface area (Å²) in [4.78, 5) is 0. The Morgan fingerprint density at radius 3 is 3.08 bits per heavy atom. The molecule has 0 atom stereocenters. The predicted octanol–water partition coefficient (Wildman–Crippen LogP) is 1.67. The highest BCUT2D eigenvalue weighted by molar-refractivity contribution is 5.20. The molecule has 0 unspecified atom stereocenters. The van der Waals surface area contributed by atoms with Crippen LogP contribution >= 0.6 is 0 Å². The zero-order valence-electron chi connectivity index (χ0n) is 6.88. The minimum Gasteiger partial charge on any atom is -0.368 e. The summed E-state index contributed by atoms with van der Waals surface area (Å²) in [5.41, 5.74) is 2.41. The van der Waals surface area contributed by atoms with Crippen LogP contribution in [0.3, 0.4) is 0 Å². The standard InChI is InChI=1S/C9H11NO2/c1-2-9(3-1)4-7-5-12-10-8(7)6-11-9/h5H,1-4,6H2. The second kappa shape index (κ2) is 2.10. The van der Waals surface area contributed by atoms with E-state index in [0.29, 0.717) is 6.61 Å². The van der Waals surface area contributed by atoms with Crippen LogP contribution in [0.25, 0.3) is 0 Å². The zero-order chi connectivity index (χ0) is 8.02. The van der Waals surface area contributed by atoms with Crippen molar-refractivity contribution in [2.45, 2.75) is 37.9 Å². The number of fused-ring (bicyclic) bond motifs is 1. The summed E-state index contributed by atoms with van der Waals surface area (Å²) >= 11 is 0. The monoisotopic (exact) mass is 165 g/mol. The highest BCUT2D eigenvalue weighted by Gasteiger charge is 2.42. The number of hydrogen-bond donors (Lipinski definition) is 0. The summed E-state index contributed by atoms with van der Waals surface area (Å²) < 4.78 is 10.7. The van der Waals surface area contributed by atoms with Crippen LogP contribution in [0.4, 0.5) is 0 Å². The number of aromatic nitrogens is 1. The van der Waals surface area contributed by atoms with Crippen LogP contribution < -0.4 is 0 Å². The van der Waals surface area contributed by atoms with E-state index in [9.17, 15) is 0 Å². The summed E-state index contributed by atoms with van der Waals surface area (Å²) in [6.07, 6.45) is 6.49. The second-order valence-corrected chi connectivity index (χ2v) is 3.79. The topological polar surface area (TPSA) is 35.3 Å². The van der Waals surface area contributed by atoms with E-state index in [4.69, 9.17) is 9.26 Å². The highest BCUT2D eigenvalue weighted by Crippen LogP contribution is 2.42. The molecule has 0 aromatic carbocycles. The first kappa shape index (κ1) is 6.66. The fourth-order valence-electron chi connectivity index (χ4n) is 2.05. The molecular formula is C9H11NO2. The lowest BCUT2D eigenvalue weighted by atomic mass is 9.75. The SMILES string of the molecule is c1onc2c1CC1(CCC1)OC2. The second-order valence-electron chi connectivity index (χ2n) is 3.79. The van der Waals surface area contributed by atoms with Gasteiger partial charge in [0.25, 0.3) is 0 Å². The van der Waals surface area contributed by atoms with Crippen LogP contribution in [0, 0.1) is 0 Å². The molecule has 1 fully saturated rings. The van der Waals surface area contributed by atoms with Crippen LogP contribution in [-0.2, 0) is 17.8 Å². The van der Waals surface area contributed by atoms with Gasteiger partial charge in [-0.15, -0.1) is 0 Å². The molecule has 1 aliphatic heterocycles. The zero-order valence-corrected chi connectivity index (χ0v) is 6.88. The first-order valence-electron chi connectivity index (χ1n) is 4.44. The third-order valence-electron chi connectivity index (χ3n) is 3.02. The maximum Gasteiger partial charge on any atom is 0.127 e. The van der Waals surface area contributed by atoms with Crippen molar-refractivity contribution < 1.29 is 9.26 Å². The molecule has 2 aliphatic rings. The van der Waals surface area contributed by atoms with Gasteiger partial charge in [0, 0.05) is 12.0 Å². The quantitative estimate of drug-likeness (QED) is 0.586. The van der Waals surface area contributed by atoms with Gasteiger partial charge in [0.1, 0.15) is 12.0 Å². The summed E-state index contributed by atoms with van der Waals surface area (Å²) in [5.74, 6) is 0. The van der Waals surface area contributed by atoms with Crippen molar-refractivity contribution in [2.75, 3.05) is 0 Å². The van der Waals surface area contributed by atoms with Crippen molar-refractivity contribution in [3.63, 3.8) is 0 Å². The predicted molar refractivity (Wildman–Crippen MR) is 41.6 cm³/mol. The summed E-state index contributed by atoms with van der Waals surface area (Å²) in [6.45, 7) is 0.645. The van der Waals surface area contributed by atoms with Crippen molar-refractivity contribution in [3.05, 3.63) is 17.5 Å². The maximum absolute atomic E-state index is 5.76. The van der Waals surface area contributed by atoms with Crippen molar-refractivity contribution in [1.29, 1.82) is 0 Å². The van der Waals surface area contributed by atoms with Gasteiger partial charge in [-0.3, -0.25) is 0 Å². The minimum atomic E-state index is 0.165. The molecule has 1 saturated carbocycles. The first-order valence-corrected chi connectivity index (χ1v) is 4.44. The third-order valence-corrected chi connectivity index (χ3v) is 3.02. The van der Waals surface area contributed by atoms with Crippen LogP contribution in [-0.4, -0.2) is 10.8 Å². The Labute approximate surface area is 70.7 Å². The Morgan fingerprint density at radius 1 is 1.42 bits per heavy atom. The largest absolute Gasteiger partial charge is 0.368 e. The van der Waals surface area contributed by atoms with Crippen LogP contribution in [0.1, 0.15) is 30.5 Å². The van der Waals surface area contributed by atoms with Crippen LogP contribution in [0.5, 0.6) is 0 Å². The molecular weight excluding hydrogens is 154 g/mol. The molecule has 0 radical (unpaired) electrons. The van der Waals surface area contributed by atoms with Gasteiger partial charge in [-0.25, -0.2) is 0 Å². The smallest absolute Gasteiger partial charge is 0.127 e. The molecule has 3 heteroatoms. The molecule has 12 heavy (non-hydrogen) atoms. The van der Waals surface area contributed by atoms with Gasteiger partial charge in [0.15, 0.2) is 0 Å². The number of nitrogens with zero attached hydrogens (tertiary/aromatic N) is 1. The maximum atomic E-state index is 5.76. The van der Waals surface area contributed by atoms with E-state index >= 15 is 0 Å². The Kier molecular flexibility index (Phi) is 1.17. The van der Waals surface area contributed by atoms with E-state index in [1.165, 1.54) is 24.8 Å². The van der Waals surface area contributed by atoms with Crippen LogP contribution in [0.2, 0.25) is 0 Å². The fraction of sp³-hybridized carbons (Fsp3) is 0.667. The number of rotatable bonds is 0. The van der Waals surface area contributed by atoms with Crippen molar-refractivity contribution in [3.8, 4) is 0 Å². The molecule has 2 heterocycles. The van der Waals surface area contributed by atoms with Crippen LogP contribution in [0.15, 0.2) is 10.8 Å². The van der Waals surface area contributed by atoms with Crippen molar-refractivity contribution in [2.24, 2.45) is 0 Å². The average molecular weight is 165 g/mol. The van der Waals surface area contributed by atoms with E-state index in [-0.39, 0.29) is 5.60 Å². The van der Waals surface area contributed by atoms with Gasteiger partial charge in [0.2, 0.25) is 0 Å². The Bertz CT molecular complexity index is 301. The Hall–Kier alpha value is -0.830. The molecule has 1 spiro atoms. The van der Waals surface area contributed by atoms with Gasteiger partial charge >= 0.3 is 0 Å². The molecule has 3 rings (SSSR count). The molecule has 1 aromatic heterocycles. The van der Waals surface area contributed by atoms with E-state index < -0.39 is 0 Å². The molecule has 0 bridgehead atoms. The summed E-state index contributed by atoms with van der Waals surface area (Å²) in [7, 11) is 0. The molecule has 1 aromatic rings. The average Bonchev–Trinajstić information content (AvgIpc) is 2.46. The van der Waals surface area contributed by atoms with E-state index in [0.717, 1.165) is 12.1 Å². The van der Waals surface area contributed by atoms with Crippen molar-refractivity contribution >= 4 is 0 Å². The highest BCUT2D eigenvalue weighted by atomic mass is 16.5. The molecule has 64 valence electrons. The Morgan fingerprint density at radius 2 is 2.33 bits per heavy atom. The van der Waals surface area contributed by atoms with Gasteiger partial charge in [-0.05, 0) is 19.3 Å². The fourth-order valence-corrected chi connectivity index (χ4v) is 2.05. The van der Waals surface area contributed by atoms with Gasteiger partial charge in [-0.1, -0.05) is 5.16 Å². The molecule has 3 nitrogen and oxygen atoms in total. The third kappa shape index (κ3) is 0.771. The molecule has 0 amide bonds. The number of ether oxygens (including phenoxy) is 1. The lowest BCUT2D eigenvalue weighted by molar-refractivity contribution is -0.119. The summed E-state index contributed by atoms with van der Waals surface area (Å²) in [5, 5.41) is 3.88. The molecule has 0 saturated heterocycles. The Balaban J connectivity index is 1.93. The van der Waals surface area contributed by atoms with Gasteiger partial charge in [-0.2, -0.15) is 0 Å². The van der Waals surface area contributed by atoms with Gasteiger partial charge in [0.05, 0.1) is 12.2 Å². The van der Waals surface area contributed by atoms with Gasteiger partial charge < -0.3 is 9.26 Å². The first-order chi connectivity index (χ1) is 5.88. The van der Waals surface area contributed by atoms with E-state index in [1.807, 2.05) is 0 Å². The summed E-state index contributed by atoms with van der Waals surface area (Å²) in [6, 6.07) is 0. The van der Waals surface area contributed by atoms with Crippen molar-refractivity contribution in [1.82, 2.24) is 5.16 Å². The normalized spacial score (nSPS) is 25.0. The van der Waals surface area contributed by atoms with E-state index in [1.54, 1.807) is 6.26 Å². The number of hydrogen-bond acceptors (Lipinski definition) is 3.